The Balaban J connectivity index is 1.64. The summed E-state index contributed by atoms with van der Waals surface area (Å²) in [5, 5.41) is 0. The Bertz CT molecular complexity index is 660. The quantitative estimate of drug-likeness (QED) is 0.809. The van der Waals surface area contributed by atoms with Crippen molar-refractivity contribution >= 4 is 17.4 Å². The second kappa shape index (κ2) is 6.15. The normalized spacial score (nSPS) is 46.0. The minimum atomic E-state index is -0.233. The van der Waals surface area contributed by atoms with Crippen LogP contribution in [0.5, 0.6) is 0 Å². The van der Waals surface area contributed by atoms with Crippen LogP contribution >= 0.6 is 0 Å². The molecule has 3 aliphatic carbocycles. The Morgan fingerprint density at radius 1 is 1.23 bits per heavy atom. The first-order valence-corrected chi connectivity index (χ1v) is 10.4. The molecule has 3 saturated carbocycles. The number of rotatable bonds is 3. The molecule has 0 spiro atoms. The third-order valence-corrected chi connectivity index (χ3v) is 8.87. The van der Waals surface area contributed by atoms with E-state index in [9.17, 15) is 9.59 Å². The summed E-state index contributed by atoms with van der Waals surface area (Å²) in [6.45, 7) is 5.96. The van der Waals surface area contributed by atoms with E-state index in [-0.39, 0.29) is 22.7 Å². The average Bonchev–Trinajstić information content (AvgIpc) is 2.93. The molecular weight excluding hydrogens is 326 g/mol. The van der Waals surface area contributed by atoms with Gasteiger partial charge in [0.15, 0.2) is 0 Å². The molecule has 2 unspecified atom stereocenters. The van der Waals surface area contributed by atoms with Crippen LogP contribution in [0.25, 0.3) is 0 Å². The molecule has 144 valence electrons. The molecule has 3 fully saturated rings. The van der Waals surface area contributed by atoms with Gasteiger partial charge in [-0.3, -0.25) is 14.6 Å². The summed E-state index contributed by atoms with van der Waals surface area (Å²) in [6.07, 6.45) is 6.78. The third-order valence-electron chi connectivity index (χ3n) is 8.87. The van der Waals surface area contributed by atoms with E-state index in [2.05, 4.69) is 13.8 Å². The Hall–Kier alpha value is -1.23. The molecule has 1 heterocycles. The maximum atomic E-state index is 12.0. The van der Waals surface area contributed by atoms with Crippen LogP contribution in [-0.4, -0.2) is 30.5 Å². The van der Waals surface area contributed by atoms with Gasteiger partial charge in [-0.2, -0.15) is 0 Å². The molecular formula is C21H33N3O2. The number of hydrogen-bond donors (Lipinski definition) is 2. The SMILES string of the molecule is C[C@]12CCC(=O)CC1=NC[C@@H]1[C@H]2CC[C@]2(C)C(C(CN)C(N)=O)CC[C@@H]12. The zero-order chi connectivity index (χ0) is 18.7. The number of carbonyl (C=O) groups excluding carboxylic acids is 2. The zero-order valence-corrected chi connectivity index (χ0v) is 16.2. The fraction of sp³-hybridized carbons (Fsp3) is 0.857. The first-order valence-electron chi connectivity index (χ1n) is 10.4. The zero-order valence-electron chi connectivity index (χ0n) is 16.2. The van der Waals surface area contributed by atoms with Gasteiger partial charge in [-0.1, -0.05) is 13.8 Å². The smallest absolute Gasteiger partial charge is 0.222 e. The Morgan fingerprint density at radius 3 is 2.69 bits per heavy atom. The molecule has 5 nitrogen and oxygen atoms in total. The molecule has 0 radical (unpaired) electrons. The highest BCUT2D eigenvalue weighted by Crippen LogP contribution is 2.64. The number of hydrogen-bond acceptors (Lipinski definition) is 4. The average molecular weight is 360 g/mol. The predicted octanol–water partition coefficient (Wildman–Crippen LogP) is 2.32. The molecule has 0 saturated heterocycles. The van der Waals surface area contributed by atoms with Gasteiger partial charge in [-0.25, -0.2) is 0 Å². The summed E-state index contributed by atoms with van der Waals surface area (Å²) in [5.41, 5.74) is 13.0. The number of Topliss-reactive ketones (excluding diaryl/α,β-unsaturated/α-hetero) is 1. The van der Waals surface area contributed by atoms with Crippen LogP contribution in [0.2, 0.25) is 0 Å². The lowest BCUT2D eigenvalue weighted by Crippen LogP contribution is -2.55. The summed E-state index contributed by atoms with van der Waals surface area (Å²) in [6, 6.07) is 0. The van der Waals surface area contributed by atoms with Crippen LogP contribution in [0.4, 0.5) is 0 Å². The first kappa shape index (κ1) is 18.1. The van der Waals surface area contributed by atoms with E-state index in [1.165, 1.54) is 12.1 Å². The number of fused-ring (bicyclic) bond motifs is 5. The second-order valence-electron chi connectivity index (χ2n) is 9.77. The lowest BCUT2D eigenvalue weighted by atomic mass is 9.49. The summed E-state index contributed by atoms with van der Waals surface area (Å²) in [4.78, 5) is 28.9. The van der Waals surface area contributed by atoms with Crippen LogP contribution in [0.15, 0.2) is 4.99 Å². The maximum absolute atomic E-state index is 12.0. The van der Waals surface area contributed by atoms with Gasteiger partial charge in [0.2, 0.25) is 5.91 Å². The molecule has 1 amide bonds. The van der Waals surface area contributed by atoms with Crippen molar-refractivity contribution in [2.45, 2.75) is 58.8 Å². The number of carbonyl (C=O) groups is 2. The minimum absolute atomic E-state index is 0.104. The molecule has 0 aromatic heterocycles. The highest BCUT2D eigenvalue weighted by atomic mass is 16.1. The molecule has 0 bridgehead atoms. The highest BCUT2D eigenvalue weighted by Gasteiger charge is 2.60. The van der Waals surface area contributed by atoms with Gasteiger partial charge in [0, 0.05) is 37.1 Å². The number of aliphatic imine (C=N–C) groups is 1. The van der Waals surface area contributed by atoms with Crippen LogP contribution in [0.3, 0.4) is 0 Å². The predicted molar refractivity (Wildman–Crippen MR) is 102 cm³/mol. The Morgan fingerprint density at radius 2 is 2.00 bits per heavy atom. The lowest BCUT2D eigenvalue weighted by Gasteiger charge is -2.57. The van der Waals surface area contributed by atoms with Gasteiger partial charge in [0.05, 0.1) is 5.92 Å². The van der Waals surface area contributed by atoms with Gasteiger partial charge >= 0.3 is 0 Å². The molecule has 5 heteroatoms. The van der Waals surface area contributed by atoms with E-state index >= 15 is 0 Å². The summed E-state index contributed by atoms with van der Waals surface area (Å²) in [5.74, 6) is 2.03. The number of nitrogens with zero attached hydrogens (tertiary/aromatic N) is 1. The van der Waals surface area contributed by atoms with Gasteiger partial charge in [0.25, 0.3) is 0 Å². The standard InChI is InChI=1S/C21H33N3O2/c1-20-8-6-17-14(11-24-18-9-12(25)5-7-21(17,18)2)16(20)4-3-15(20)13(10-22)19(23)26/h13-17H,3-11,22H2,1-2H3,(H2,23,26)/t13?,14-,15?,16-,17+,20+,21+/m0/s1. The number of ketones is 1. The molecule has 4 aliphatic rings. The van der Waals surface area contributed by atoms with Gasteiger partial charge in [-0.15, -0.1) is 0 Å². The number of primary amides is 1. The van der Waals surface area contributed by atoms with Gasteiger partial charge in [-0.05, 0) is 61.2 Å². The Labute approximate surface area is 156 Å². The van der Waals surface area contributed by atoms with Crippen molar-refractivity contribution in [1.82, 2.24) is 0 Å². The Kier molecular flexibility index (Phi) is 4.29. The fourth-order valence-electron chi connectivity index (χ4n) is 7.39. The van der Waals surface area contributed by atoms with Crippen molar-refractivity contribution in [2.75, 3.05) is 13.1 Å². The summed E-state index contributed by atoms with van der Waals surface area (Å²) < 4.78 is 0. The van der Waals surface area contributed by atoms with Crippen LogP contribution in [-0.2, 0) is 9.59 Å². The molecule has 0 aromatic rings. The van der Waals surface area contributed by atoms with Crippen molar-refractivity contribution in [3.8, 4) is 0 Å². The highest BCUT2D eigenvalue weighted by molar-refractivity contribution is 6.07. The topological polar surface area (TPSA) is 98.5 Å². The molecule has 4 N–H and O–H groups in total. The minimum Gasteiger partial charge on any atom is -0.369 e. The van der Waals surface area contributed by atoms with Crippen molar-refractivity contribution in [3.05, 3.63) is 0 Å². The van der Waals surface area contributed by atoms with E-state index in [4.69, 9.17) is 16.5 Å². The van der Waals surface area contributed by atoms with E-state index in [1.807, 2.05) is 0 Å². The van der Waals surface area contributed by atoms with Crippen molar-refractivity contribution in [1.29, 1.82) is 0 Å². The van der Waals surface area contributed by atoms with Crippen molar-refractivity contribution in [3.63, 3.8) is 0 Å². The van der Waals surface area contributed by atoms with E-state index in [0.29, 0.717) is 48.8 Å². The van der Waals surface area contributed by atoms with Crippen LogP contribution in [0.1, 0.15) is 58.8 Å². The van der Waals surface area contributed by atoms with E-state index in [0.717, 1.165) is 32.2 Å². The second-order valence-corrected chi connectivity index (χ2v) is 9.77. The van der Waals surface area contributed by atoms with Crippen LogP contribution in [0, 0.1) is 40.4 Å². The molecule has 26 heavy (non-hydrogen) atoms. The number of amides is 1. The van der Waals surface area contributed by atoms with Crippen LogP contribution < -0.4 is 11.5 Å². The molecule has 7 atom stereocenters. The van der Waals surface area contributed by atoms with E-state index < -0.39 is 0 Å². The van der Waals surface area contributed by atoms with Gasteiger partial charge < -0.3 is 11.5 Å². The molecule has 0 aromatic carbocycles. The number of nitrogens with two attached hydrogens (primary N) is 2. The van der Waals surface area contributed by atoms with Gasteiger partial charge in [0.1, 0.15) is 5.78 Å². The molecule has 1 aliphatic heterocycles. The summed E-state index contributed by atoms with van der Waals surface area (Å²) >= 11 is 0. The maximum Gasteiger partial charge on any atom is 0.222 e. The molecule has 4 rings (SSSR count). The summed E-state index contributed by atoms with van der Waals surface area (Å²) in [7, 11) is 0. The lowest BCUT2D eigenvalue weighted by molar-refractivity contribution is -0.126. The third kappa shape index (κ3) is 2.42. The monoisotopic (exact) mass is 359 g/mol. The largest absolute Gasteiger partial charge is 0.369 e. The van der Waals surface area contributed by atoms with E-state index in [1.54, 1.807) is 0 Å². The van der Waals surface area contributed by atoms with Crippen molar-refractivity contribution in [2.24, 2.45) is 56.9 Å². The van der Waals surface area contributed by atoms with Crippen molar-refractivity contribution < 1.29 is 9.59 Å². The first-order chi connectivity index (χ1) is 12.3. The fourth-order valence-corrected chi connectivity index (χ4v) is 7.39.